The summed E-state index contributed by atoms with van der Waals surface area (Å²) in [5.74, 6) is 0.518. The highest BCUT2D eigenvalue weighted by atomic mass is 35.5. The fraction of sp³-hybridized carbons (Fsp3) is 0.538. The molecule has 82 valence electrons. The summed E-state index contributed by atoms with van der Waals surface area (Å²) < 4.78 is 0. The molecule has 15 heavy (non-hydrogen) atoms. The van der Waals surface area contributed by atoms with E-state index in [2.05, 4.69) is 31.3 Å². The van der Waals surface area contributed by atoms with E-state index in [4.69, 9.17) is 11.6 Å². The molecular weight excluding hydrogens is 206 g/mol. The maximum Gasteiger partial charge on any atom is 0.0408 e. The van der Waals surface area contributed by atoms with Crippen LogP contribution >= 0.6 is 11.6 Å². The van der Waals surface area contributed by atoms with Gasteiger partial charge in [-0.3, -0.25) is 0 Å². The molecule has 0 radical (unpaired) electrons. The first kappa shape index (κ1) is 11.0. The Bertz CT molecular complexity index is 333. The zero-order valence-corrected chi connectivity index (χ0v) is 10.1. The molecule has 2 atom stereocenters. The summed E-state index contributed by atoms with van der Waals surface area (Å²) in [5, 5.41) is 4.46. The van der Waals surface area contributed by atoms with Crippen LogP contribution in [-0.2, 0) is 0 Å². The molecule has 1 aliphatic rings. The summed E-state index contributed by atoms with van der Waals surface area (Å²) in [5.41, 5.74) is 1.32. The highest BCUT2D eigenvalue weighted by Gasteiger charge is 2.25. The van der Waals surface area contributed by atoms with Crippen molar-refractivity contribution < 1.29 is 0 Å². The van der Waals surface area contributed by atoms with Gasteiger partial charge in [0, 0.05) is 17.1 Å². The molecule has 0 heterocycles. The summed E-state index contributed by atoms with van der Waals surface area (Å²) in [6.07, 6.45) is 2.68. The average molecular weight is 224 g/mol. The molecule has 0 spiro atoms. The van der Waals surface area contributed by atoms with Gasteiger partial charge in [0.15, 0.2) is 0 Å². The molecule has 0 bridgehead atoms. The SMILES string of the molecule is CC(NC1CC1)C(C)c1cccc(Cl)c1. The van der Waals surface area contributed by atoms with Crippen molar-refractivity contribution in [3.63, 3.8) is 0 Å². The molecule has 2 heteroatoms. The molecule has 0 aromatic heterocycles. The van der Waals surface area contributed by atoms with E-state index in [1.54, 1.807) is 0 Å². The van der Waals surface area contributed by atoms with Crippen LogP contribution in [0.25, 0.3) is 0 Å². The van der Waals surface area contributed by atoms with Crippen molar-refractivity contribution in [1.29, 1.82) is 0 Å². The summed E-state index contributed by atoms with van der Waals surface area (Å²) in [4.78, 5) is 0. The second-order valence-electron chi connectivity index (χ2n) is 4.57. The lowest BCUT2D eigenvalue weighted by Crippen LogP contribution is -2.32. The number of halogens is 1. The van der Waals surface area contributed by atoms with Crippen LogP contribution in [0.1, 0.15) is 38.2 Å². The van der Waals surface area contributed by atoms with E-state index < -0.39 is 0 Å². The third kappa shape index (κ3) is 2.96. The predicted molar refractivity (Wildman–Crippen MR) is 65.5 cm³/mol. The molecule has 2 rings (SSSR count). The molecule has 0 aliphatic heterocycles. The first-order valence-corrected chi connectivity index (χ1v) is 6.06. The van der Waals surface area contributed by atoms with E-state index in [0.29, 0.717) is 12.0 Å². The minimum Gasteiger partial charge on any atom is -0.311 e. The number of benzene rings is 1. The number of hydrogen-bond acceptors (Lipinski definition) is 1. The average Bonchev–Trinajstić information content (AvgIpc) is 3.00. The van der Waals surface area contributed by atoms with Gasteiger partial charge in [-0.15, -0.1) is 0 Å². The lowest BCUT2D eigenvalue weighted by atomic mass is 9.94. The molecule has 1 N–H and O–H groups in total. The quantitative estimate of drug-likeness (QED) is 0.823. The zero-order chi connectivity index (χ0) is 10.8. The van der Waals surface area contributed by atoms with E-state index in [9.17, 15) is 0 Å². The van der Waals surface area contributed by atoms with Crippen molar-refractivity contribution in [3.8, 4) is 0 Å². The topological polar surface area (TPSA) is 12.0 Å². The van der Waals surface area contributed by atoms with Crippen molar-refractivity contribution in [2.24, 2.45) is 0 Å². The van der Waals surface area contributed by atoms with Gasteiger partial charge in [-0.05, 0) is 43.4 Å². The van der Waals surface area contributed by atoms with Crippen LogP contribution in [0.5, 0.6) is 0 Å². The van der Waals surface area contributed by atoms with Crippen LogP contribution < -0.4 is 5.32 Å². The highest BCUT2D eigenvalue weighted by Crippen LogP contribution is 2.26. The zero-order valence-electron chi connectivity index (χ0n) is 9.33. The van der Waals surface area contributed by atoms with Gasteiger partial charge in [0.1, 0.15) is 0 Å². The number of hydrogen-bond donors (Lipinski definition) is 1. The van der Waals surface area contributed by atoms with Gasteiger partial charge in [0.2, 0.25) is 0 Å². The van der Waals surface area contributed by atoms with Crippen LogP contribution in [0.2, 0.25) is 5.02 Å². The Morgan fingerprint density at radius 2 is 2.07 bits per heavy atom. The van der Waals surface area contributed by atoms with E-state index >= 15 is 0 Å². The monoisotopic (exact) mass is 223 g/mol. The number of nitrogens with one attached hydrogen (secondary N) is 1. The van der Waals surface area contributed by atoms with Gasteiger partial charge in [-0.25, -0.2) is 0 Å². The molecule has 1 nitrogen and oxygen atoms in total. The smallest absolute Gasteiger partial charge is 0.0408 e. The maximum atomic E-state index is 5.99. The first-order valence-electron chi connectivity index (χ1n) is 5.68. The Hall–Kier alpha value is -0.530. The third-order valence-corrected chi connectivity index (χ3v) is 3.44. The normalized spacial score (nSPS) is 19.9. The van der Waals surface area contributed by atoms with Crippen molar-refractivity contribution in [2.45, 2.75) is 44.7 Å². The van der Waals surface area contributed by atoms with Crippen LogP contribution in [0.15, 0.2) is 24.3 Å². The molecule has 1 aromatic rings. The Kier molecular flexibility index (Phi) is 3.32. The Balaban J connectivity index is 2.01. The molecule has 1 fully saturated rings. The van der Waals surface area contributed by atoms with Crippen LogP contribution in [-0.4, -0.2) is 12.1 Å². The van der Waals surface area contributed by atoms with E-state index in [-0.39, 0.29) is 0 Å². The van der Waals surface area contributed by atoms with Crippen molar-refractivity contribution in [1.82, 2.24) is 5.32 Å². The molecule has 1 saturated carbocycles. The fourth-order valence-corrected chi connectivity index (χ4v) is 2.04. The van der Waals surface area contributed by atoms with Gasteiger partial charge >= 0.3 is 0 Å². The van der Waals surface area contributed by atoms with E-state index in [0.717, 1.165) is 11.1 Å². The van der Waals surface area contributed by atoms with Gasteiger partial charge in [0.25, 0.3) is 0 Å². The summed E-state index contributed by atoms with van der Waals surface area (Å²) in [7, 11) is 0. The standard InChI is InChI=1S/C13H18ClN/c1-9(10(2)15-13-6-7-13)11-4-3-5-12(14)8-11/h3-5,8-10,13,15H,6-7H2,1-2H3. The van der Waals surface area contributed by atoms with Gasteiger partial charge < -0.3 is 5.32 Å². The van der Waals surface area contributed by atoms with Crippen molar-refractivity contribution >= 4 is 11.6 Å². The lowest BCUT2D eigenvalue weighted by Gasteiger charge is -2.21. The van der Waals surface area contributed by atoms with Gasteiger partial charge in [-0.2, -0.15) is 0 Å². The Morgan fingerprint density at radius 3 is 2.67 bits per heavy atom. The fourth-order valence-electron chi connectivity index (χ4n) is 1.84. The molecular formula is C13H18ClN. The van der Waals surface area contributed by atoms with Crippen LogP contribution in [0.4, 0.5) is 0 Å². The minimum atomic E-state index is 0.518. The summed E-state index contributed by atoms with van der Waals surface area (Å²) in [6, 6.07) is 9.46. The lowest BCUT2D eigenvalue weighted by molar-refractivity contribution is 0.478. The summed E-state index contributed by atoms with van der Waals surface area (Å²) in [6.45, 7) is 4.51. The second kappa shape index (κ2) is 4.54. The van der Waals surface area contributed by atoms with E-state index in [1.165, 1.54) is 18.4 Å². The molecule has 2 unspecified atom stereocenters. The molecule has 1 aliphatic carbocycles. The largest absolute Gasteiger partial charge is 0.311 e. The first-order chi connectivity index (χ1) is 7.16. The van der Waals surface area contributed by atoms with Crippen molar-refractivity contribution in [3.05, 3.63) is 34.9 Å². The molecule has 0 amide bonds. The van der Waals surface area contributed by atoms with Gasteiger partial charge in [0.05, 0.1) is 0 Å². The maximum absolute atomic E-state index is 5.99. The third-order valence-electron chi connectivity index (χ3n) is 3.20. The van der Waals surface area contributed by atoms with Crippen LogP contribution in [0, 0.1) is 0 Å². The number of rotatable bonds is 4. The van der Waals surface area contributed by atoms with E-state index in [1.807, 2.05) is 12.1 Å². The van der Waals surface area contributed by atoms with Gasteiger partial charge in [-0.1, -0.05) is 30.7 Å². The Morgan fingerprint density at radius 1 is 1.33 bits per heavy atom. The predicted octanol–water partition coefficient (Wildman–Crippen LogP) is 3.58. The second-order valence-corrected chi connectivity index (χ2v) is 5.01. The summed E-state index contributed by atoms with van der Waals surface area (Å²) >= 11 is 5.99. The highest BCUT2D eigenvalue weighted by molar-refractivity contribution is 6.30. The van der Waals surface area contributed by atoms with Crippen molar-refractivity contribution in [2.75, 3.05) is 0 Å². The molecule has 1 aromatic carbocycles. The Labute approximate surface area is 96.8 Å². The van der Waals surface area contributed by atoms with Crippen LogP contribution in [0.3, 0.4) is 0 Å². The minimum absolute atomic E-state index is 0.518. The molecule has 0 saturated heterocycles.